The van der Waals surface area contributed by atoms with E-state index >= 15 is 0 Å². The first kappa shape index (κ1) is 14.2. The number of ether oxygens (including phenoxy) is 1. The Hall–Kier alpha value is -2.24. The van der Waals surface area contributed by atoms with Gasteiger partial charge in [0, 0.05) is 5.56 Å². The average Bonchev–Trinajstić information content (AvgIpc) is 2.88. The zero-order valence-corrected chi connectivity index (χ0v) is 10.6. The lowest BCUT2D eigenvalue weighted by atomic mass is 10.1. The molecule has 0 bridgehead atoms. The Morgan fingerprint density at radius 1 is 1.25 bits per heavy atom. The van der Waals surface area contributed by atoms with Gasteiger partial charge in [-0.15, -0.1) is 0 Å². The molecule has 0 aliphatic rings. The molecule has 2 rings (SSSR count). The highest BCUT2D eigenvalue weighted by Crippen LogP contribution is 2.32. The van der Waals surface area contributed by atoms with Gasteiger partial charge in [0.05, 0.1) is 12.2 Å². The van der Waals surface area contributed by atoms with Gasteiger partial charge in [0.25, 0.3) is 0 Å². The van der Waals surface area contributed by atoms with Gasteiger partial charge in [0.1, 0.15) is 5.76 Å². The first-order valence-corrected chi connectivity index (χ1v) is 5.91. The number of hydrogen-bond donors (Lipinski definition) is 1. The largest absolute Gasteiger partial charge is 0.476 e. The van der Waals surface area contributed by atoms with Crippen LogP contribution in [0.25, 0.3) is 11.3 Å². The summed E-state index contributed by atoms with van der Waals surface area (Å²) in [6.45, 7) is 2.05. The summed E-state index contributed by atoms with van der Waals surface area (Å²) in [5.74, 6) is 0.292. The summed E-state index contributed by atoms with van der Waals surface area (Å²) in [7, 11) is 0. The van der Waals surface area contributed by atoms with Gasteiger partial charge in [0.2, 0.25) is 5.90 Å². The molecular weight excluding hydrogens is 271 g/mol. The molecule has 0 spiro atoms. The highest BCUT2D eigenvalue weighted by atomic mass is 19.4. The van der Waals surface area contributed by atoms with Crippen LogP contribution in [0.4, 0.5) is 13.2 Å². The van der Waals surface area contributed by atoms with Gasteiger partial charge in [-0.2, -0.15) is 13.2 Å². The van der Waals surface area contributed by atoms with E-state index < -0.39 is 11.7 Å². The fraction of sp³-hybridized carbons (Fsp3) is 0.214. The highest BCUT2D eigenvalue weighted by Gasteiger charge is 2.30. The van der Waals surface area contributed by atoms with Crippen LogP contribution in [0.15, 0.2) is 40.8 Å². The molecule has 0 saturated heterocycles. The van der Waals surface area contributed by atoms with E-state index in [0.717, 1.165) is 12.1 Å². The molecule has 1 N–H and O–H groups in total. The van der Waals surface area contributed by atoms with E-state index in [1.165, 1.54) is 24.3 Å². The molecule has 0 atom stereocenters. The maximum Gasteiger partial charge on any atom is 0.416 e. The summed E-state index contributed by atoms with van der Waals surface area (Å²) in [6.07, 6.45) is -4.40. The number of rotatable bonds is 3. The van der Waals surface area contributed by atoms with Crippen molar-refractivity contribution in [2.45, 2.75) is 13.1 Å². The molecule has 1 heterocycles. The summed E-state index contributed by atoms with van der Waals surface area (Å²) in [4.78, 5) is 0. The van der Waals surface area contributed by atoms with E-state index in [-0.39, 0.29) is 17.4 Å². The third kappa shape index (κ3) is 3.01. The van der Waals surface area contributed by atoms with E-state index in [1.54, 1.807) is 6.92 Å². The lowest BCUT2D eigenvalue weighted by molar-refractivity contribution is -0.137. The van der Waals surface area contributed by atoms with E-state index in [1.807, 2.05) is 0 Å². The standard InChI is InChI=1S/C14H12F3NO2/c1-2-19-13(18)12-7-6-11(20-12)9-4-3-5-10(8-9)14(15,16)17/h3-8,18H,2H2,1H3. The van der Waals surface area contributed by atoms with Crippen LogP contribution in [0.1, 0.15) is 18.2 Å². The summed E-state index contributed by atoms with van der Waals surface area (Å²) < 4.78 is 48.2. The van der Waals surface area contributed by atoms with Gasteiger partial charge >= 0.3 is 6.18 Å². The predicted molar refractivity (Wildman–Crippen MR) is 67.6 cm³/mol. The predicted octanol–water partition coefficient (Wildman–Crippen LogP) is 4.33. The molecule has 0 aliphatic heterocycles. The van der Waals surface area contributed by atoms with E-state index in [0.29, 0.717) is 12.2 Å². The number of furan rings is 1. The van der Waals surface area contributed by atoms with E-state index in [2.05, 4.69) is 0 Å². The quantitative estimate of drug-likeness (QED) is 0.673. The smallest absolute Gasteiger partial charge is 0.416 e. The first-order chi connectivity index (χ1) is 9.41. The second-order valence-electron chi connectivity index (χ2n) is 4.00. The molecule has 0 unspecified atom stereocenters. The third-order valence-corrected chi connectivity index (χ3v) is 2.59. The van der Waals surface area contributed by atoms with Crippen molar-refractivity contribution < 1.29 is 22.3 Å². The number of hydrogen-bond acceptors (Lipinski definition) is 3. The minimum absolute atomic E-state index is 0.147. The fourth-order valence-corrected chi connectivity index (χ4v) is 1.68. The Kier molecular flexibility index (Phi) is 3.83. The molecular formula is C14H12F3NO2. The van der Waals surface area contributed by atoms with Crippen LogP contribution in [0, 0.1) is 5.41 Å². The SMILES string of the molecule is CCOC(=N)c1ccc(-c2cccc(C(F)(F)F)c2)o1. The Balaban J connectivity index is 2.31. The Morgan fingerprint density at radius 3 is 2.65 bits per heavy atom. The Labute approximate surface area is 113 Å². The van der Waals surface area contributed by atoms with Gasteiger partial charge in [-0.25, -0.2) is 0 Å². The Bertz CT molecular complexity index is 617. The maximum absolute atomic E-state index is 12.6. The average molecular weight is 283 g/mol. The van der Waals surface area contributed by atoms with Crippen molar-refractivity contribution in [2.75, 3.05) is 6.61 Å². The van der Waals surface area contributed by atoms with Crippen molar-refractivity contribution in [1.82, 2.24) is 0 Å². The van der Waals surface area contributed by atoms with Crippen molar-refractivity contribution in [2.24, 2.45) is 0 Å². The van der Waals surface area contributed by atoms with Crippen LogP contribution < -0.4 is 0 Å². The van der Waals surface area contributed by atoms with Crippen LogP contribution in [0.2, 0.25) is 0 Å². The van der Waals surface area contributed by atoms with Crippen LogP contribution in [-0.2, 0) is 10.9 Å². The van der Waals surface area contributed by atoms with Crippen LogP contribution in [-0.4, -0.2) is 12.5 Å². The minimum Gasteiger partial charge on any atom is -0.476 e. The van der Waals surface area contributed by atoms with Crippen molar-refractivity contribution in [3.05, 3.63) is 47.7 Å². The molecule has 0 radical (unpaired) electrons. The number of nitrogens with one attached hydrogen (secondary N) is 1. The molecule has 1 aromatic heterocycles. The zero-order chi connectivity index (χ0) is 14.8. The number of halogens is 3. The van der Waals surface area contributed by atoms with Gasteiger partial charge in [0.15, 0.2) is 5.76 Å². The zero-order valence-electron chi connectivity index (χ0n) is 10.6. The molecule has 0 aliphatic carbocycles. The van der Waals surface area contributed by atoms with Crippen LogP contribution >= 0.6 is 0 Å². The summed E-state index contributed by atoms with van der Waals surface area (Å²) in [6, 6.07) is 7.84. The molecule has 0 amide bonds. The lowest BCUT2D eigenvalue weighted by Gasteiger charge is -2.07. The van der Waals surface area contributed by atoms with Crippen molar-refractivity contribution >= 4 is 5.90 Å². The van der Waals surface area contributed by atoms with Crippen molar-refractivity contribution in [1.29, 1.82) is 5.41 Å². The molecule has 2 aromatic rings. The maximum atomic E-state index is 12.6. The molecule has 3 nitrogen and oxygen atoms in total. The van der Waals surface area contributed by atoms with Gasteiger partial charge in [-0.05, 0) is 31.2 Å². The van der Waals surface area contributed by atoms with Gasteiger partial charge in [-0.3, -0.25) is 5.41 Å². The summed E-state index contributed by atoms with van der Waals surface area (Å²) in [5.41, 5.74) is -0.441. The lowest BCUT2D eigenvalue weighted by Crippen LogP contribution is -2.04. The van der Waals surface area contributed by atoms with Crippen LogP contribution in [0.3, 0.4) is 0 Å². The molecule has 20 heavy (non-hydrogen) atoms. The molecule has 0 fully saturated rings. The fourth-order valence-electron chi connectivity index (χ4n) is 1.68. The third-order valence-electron chi connectivity index (χ3n) is 2.59. The summed E-state index contributed by atoms with van der Waals surface area (Å²) in [5, 5.41) is 7.55. The topological polar surface area (TPSA) is 46.2 Å². The number of benzene rings is 1. The van der Waals surface area contributed by atoms with Gasteiger partial charge in [-0.1, -0.05) is 12.1 Å². The molecule has 1 aromatic carbocycles. The van der Waals surface area contributed by atoms with Crippen LogP contribution in [0.5, 0.6) is 0 Å². The van der Waals surface area contributed by atoms with E-state index in [4.69, 9.17) is 14.6 Å². The summed E-state index contributed by atoms with van der Waals surface area (Å²) >= 11 is 0. The van der Waals surface area contributed by atoms with Gasteiger partial charge < -0.3 is 9.15 Å². The monoisotopic (exact) mass is 283 g/mol. The van der Waals surface area contributed by atoms with Crippen molar-refractivity contribution in [3.63, 3.8) is 0 Å². The van der Waals surface area contributed by atoms with E-state index in [9.17, 15) is 13.2 Å². The number of alkyl halides is 3. The molecule has 6 heteroatoms. The second kappa shape index (κ2) is 5.40. The first-order valence-electron chi connectivity index (χ1n) is 5.91. The Morgan fingerprint density at radius 2 is 2.00 bits per heavy atom. The minimum atomic E-state index is -4.40. The molecule has 0 saturated carbocycles. The second-order valence-corrected chi connectivity index (χ2v) is 4.00. The molecule has 106 valence electrons. The normalized spacial score (nSPS) is 11.4. The highest BCUT2D eigenvalue weighted by molar-refractivity contribution is 5.89. The van der Waals surface area contributed by atoms with Crippen molar-refractivity contribution in [3.8, 4) is 11.3 Å².